The van der Waals surface area contributed by atoms with Gasteiger partial charge < -0.3 is 9.72 Å². The molecule has 0 aliphatic rings. The number of aromatic nitrogens is 2. The van der Waals surface area contributed by atoms with Crippen LogP contribution >= 0.6 is 11.3 Å². The number of ether oxygens (including phenoxy) is 1. The van der Waals surface area contributed by atoms with E-state index in [4.69, 9.17) is 4.74 Å². The smallest absolute Gasteiger partial charge is 0.348 e. The summed E-state index contributed by atoms with van der Waals surface area (Å²) in [4.78, 5) is 30.6. The van der Waals surface area contributed by atoms with Gasteiger partial charge in [-0.25, -0.2) is 9.78 Å². The molecule has 84 valence electrons. The average Bonchev–Trinajstić information content (AvgIpc) is 2.62. The predicted molar refractivity (Wildman–Crippen MR) is 60.9 cm³/mol. The molecule has 0 aliphatic carbocycles. The summed E-state index contributed by atoms with van der Waals surface area (Å²) >= 11 is 1.21. The maximum atomic E-state index is 11.5. The summed E-state index contributed by atoms with van der Waals surface area (Å²) < 4.78 is 4.87. The summed E-state index contributed by atoms with van der Waals surface area (Å²) in [6, 6.07) is 1.59. The van der Waals surface area contributed by atoms with E-state index in [1.165, 1.54) is 11.3 Å². The lowest BCUT2D eigenvalue weighted by atomic mass is 10.4. The molecule has 2 heterocycles. The molecule has 0 unspecified atom stereocenters. The van der Waals surface area contributed by atoms with Gasteiger partial charge in [0.1, 0.15) is 15.4 Å². The first-order chi connectivity index (χ1) is 7.61. The molecule has 2 rings (SSSR count). The van der Waals surface area contributed by atoms with E-state index in [-0.39, 0.29) is 11.5 Å². The highest BCUT2D eigenvalue weighted by molar-refractivity contribution is 7.20. The zero-order chi connectivity index (χ0) is 11.7. The number of H-pyrrole nitrogens is 1. The molecule has 0 radical (unpaired) electrons. The topological polar surface area (TPSA) is 72.1 Å². The Hall–Kier alpha value is -1.69. The minimum atomic E-state index is -0.385. The van der Waals surface area contributed by atoms with Crippen LogP contribution in [0.1, 0.15) is 22.3 Å². The quantitative estimate of drug-likeness (QED) is 0.804. The Labute approximate surface area is 95.1 Å². The van der Waals surface area contributed by atoms with Crippen molar-refractivity contribution in [2.45, 2.75) is 13.8 Å². The lowest BCUT2D eigenvalue weighted by Gasteiger charge is -1.95. The molecule has 0 aliphatic heterocycles. The van der Waals surface area contributed by atoms with E-state index in [0.717, 1.165) is 0 Å². The van der Waals surface area contributed by atoms with E-state index in [9.17, 15) is 9.59 Å². The van der Waals surface area contributed by atoms with Gasteiger partial charge in [0.25, 0.3) is 5.56 Å². The number of rotatable bonds is 2. The number of aryl methyl sites for hydroxylation is 1. The summed E-state index contributed by atoms with van der Waals surface area (Å²) in [5, 5.41) is 0. The molecule has 0 aromatic carbocycles. The molecule has 5 nitrogen and oxygen atoms in total. The van der Waals surface area contributed by atoms with E-state index in [1.54, 1.807) is 19.9 Å². The summed E-state index contributed by atoms with van der Waals surface area (Å²) in [7, 11) is 0. The molecular weight excluding hydrogens is 228 g/mol. The lowest BCUT2D eigenvalue weighted by molar-refractivity contribution is 0.0532. The molecule has 16 heavy (non-hydrogen) atoms. The van der Waals surface area contributed by atoms with Crippen LogP contribution in [-0.2, 0) is 4.74 Å². The van der Waals surface area contributed by atoms with Gasteiger partial charge in [-0.15, -0.1) is 11.3 Å². The first-order valence-corrected chi connectivity index (χ1v) is 5.61. The minimum absolute atomic E-state index is 0.235. The predicted octanol–water partition coefficient (Wildman–Crippen LogP) is 1.47. The SMILES string of the molecule is CCOC(=O)c1cc2[nH]c(=O)c(C)nc2s1. The van der Waals surface area contributed by atoms with Crippen LogP contribution in [0.15, 0.2) is 10.9 Å². The molecule has 0 amide bonds. The van der Waals surface area contributed by atoms with Crippen molar-refractivity contribution in [1.29, 1.82) is 0 Å². The largest absolute Gasteiger partial charge is 0.462 e. The van der Waals surface area contributed by atoms with Crippen molar-refractivity contribution in [3.8, 4) is 0 Å². The number of fused-ring (bicyclic) bond motifs is 1. The van der Waals surface area contributed by atoms with Gasteiger partial charge in [-0.1, -0.05) is 0 Å². The zero-order valence-electron chi connectivity index (χ0n) is 8.86. The van der Waals surface area contributed by atoms with Gasteiger partial charge >= 0.3 is 5.97 Å². The van der Waals surface area contributed by atoms with E-state index in [1.807, 2.05) is 0 Å². The highest BCUT2D eigenvalue weighted by atomic mass is 32.1. The van der Waals surface area contributed by atoms with Crippen LogP contribution in [0, 0.1) is 6.92 Å². The number of nitrogens with one attached hydrogen (secondary N) is 1. The fourth-order valence-electron chi connectivity index (χ4n) is 1.27. The van der Waals surface area contributed by atoms with Gasteiger partial charge in [-0.3, -0.25) is 4.79 Å². The Kier molecular flexibility index (Phi) is 2.74. The number of carbonyl (C=O) groups is 1. The standard InChI is InChI=1S/C10H10N2O3S/c1-3-15-10(14)7-4-6-9(16-7)11-5(2)8(13)12-6/h4H,3H2,1-2H3,(H,12,13). The average molecular weight is 238 g/mol. The van der Waals surface area contributed by atoms with Crippen LogP contribution in [-0.4, -0.2) is 22.5 Å². The maximum Gasteiger partial charge on any atom is 0.348 e. The van der Waals surface area contributed by atoms with Crippen LogP contribution in [0.4, 0.5) is 0 Å². The van der Waals surface area contributed by atoms with Crippen molar-refractivity contribution < 1.29 is 9.53 Å². The van der Waals surface area contributed by atoms with Crippen LogP contribution in [0.5, 0.6) is 0 Å². The van der Waals surface area contributed by atoms with E-state index < -0.39 is 0 Å². The van der Waals surface area contributed by atoms with Crippen molar-refractivity contribution >= 4 is 27.7 Å². The summed E-state index contributed by atoms with van der Waals surface area (Å²) in [5.41, 5.74) is 0.731. The molecule has 6 heteroatoms. The zero-order valence-corrected chi connectivity index (χ0v) is 9.68. The van der Waals surface area contributed by atoms with E-state index in [2.05, 4.69) is 9.97 Å². The van der Waals surface area contributed by atoms with Gasteiger partial charge in [0.15, 0.2) is 0 Å². The Balaban J connectivity index is 2.52. The minimum Gasteiger partial charge on any atom is -0.462 e. The third-order valence-electron chi connectivity index (χ3n) is 2.04. The molecular formula is C10H10N2O3S. The molecule has 0 saturated carbocycles. The Morgan fingerprint density at radius 2 is 2.38 bits per heavy atom. The third-order valence-corrected chi connectivity index (χ3v) is 3.04. The molecule has 0 spiro atoms. The Morgan fingerprint density at radius 3 is 3.06 bits per heavy atom. The molecule has 2 aromatic heterocycles. The number of thiophene rings is 1. The van der Waals surface area contributed by atoms with Crippen LogP contribution < -0.4 is 5.56 Å². The van der Waals surface area contributed by atoms with Crippen LogP contribution in [0.25, 0.3) is 10.3 Å². The monoisotopic (exact) mass is 238 g/mol. The summed E-state index contributed by atoms with van der Waals surface area (Å²) in [6.45, 7) is 3.70. The fraction of sp³-hybridized carbons (Fsp3) is 0.300. The number of esters is 1. The second kappa shape index (κ2) is 4.05. The molecule has 0 bridgehead atoms. The number of hydrogen-bond acceptors (Lipinski definition) is 5. The van der Waals surface area contributed by atoms with Gasteiger partial charge in [-0.2, -0.15) is 0 Å². The summed E-state index contributed by atoms with van der Waals surface area (Å²) in [5.74, 6) is -0.385. The normalized spacial score (nSPS) is 10.6. The highest BCUT2D eigenvalue weighted by Gasteiger charge is 2.12. The second-order valence-electron chi connectivity index (χ2n) is 3.20. The molecule has 2 aromatic rings. The van der Waals surface area contributed by atoms with Crippen molar-refractivity contribution in [3.63, 3.8) is 0 Å². The van der Waals surface area contributed by atoms with Gasteiger partial charge in [0, 0.05) is 0 Å². The van der Waals surface area contributed by atoms with Gasteiger partial charge in [-0.05, 0) is 19.9 Å². The van der Waals surface area contributed by atoms with E-state index >= 15 is 0 Å². The first kappa shape index (κ1) is 10.8. The fourth-order valence-corrected chi connectivity index (χ4v) is 2.20. The molecule has 0 fully saturated rings. The van der Waals surface area contributed by atoms with Crippen molar-refractivity contribution in [3.05, 3.63) is 27.0 Å². The Bertz CT molecular complexity index is 600. The number of hydrogen-bond donors (Lipinski definition) is 1. The van der Waals surface area contributed by atoms with Crippen molar-refractivity contribution in [1.82, 2.24) is 9.97 Å². The lowest BCUT2D eigenvalue weighted by Crippen LogP contribution is -2.10. The first-order valence-electron chi connectivity index (χ1n) is 4.79. The number of carbonyl (C=O) groups excluding carboxylic acids is 1. The van der Waals surface area contributed by atoms with Crippen molar-refractivity contribution in [2.24, 2.45) is 0 Å². The van der Waals surface area contributed by atoms with Crippen molar-refractivity contribution in [2.75, 3.05) is 6.61 Å². The third kappa shape index (κ3) is 1.83. The molecule has 0 saturated heterocycles. The van der Waals surface area contributed by atoms with E-state index in [0.29, 0.717) is 27.5 Å². The van der Waals surface area contributed by atoms with Crippen LogP contribution in [0.2, 0.25) is 0 Å². The van der Waals surface area contributed by atoms with Crippen LogP contribution in [0.3, 0.4) is 0 Å². The second-order valence-corrected chi connectivity index (χ2v) is 4.23. The molecule has 0 atom stereocenters. The molecule has 1 N–H and O–H groups in total. The van der Waals surface area contributed by atoms with Gasteiger partial charge in [0.05, 0.1) is 12.1 Å². The maximum absolute atomic E-state index is 11.5. The highest BCUT2D eigenvalue weighted by Crippen LogP contribution is 2.21. The Morgan fingerprint density at radius 1 is 1.62 bits per heavy atom. The number of aromatic amines is 1. The van der Waals surface area contributed by atoms with Gasteiger partial charge in [0.2, 0.25) is 0 Å². The summed E-state index contributed by atoms with van der Waals surface area (Å²) in [6.07, 6.45) is 0. The number of nitrogens with zero attached hydrogens (tertiary/aromatic N) is 1.